The summed E-state index contributed by atoms with van der Waals surface area (Å²) in [5.41, 5.74) is 1.07. The fourth-order valence-electron chi connectivity index (χ4n) is 1.53. The topological polar surface area (TPSA) is 44.8 Å². The Labute approximate surface area is 103 Å². The van der Waals surface area contributed by atoms with Gasteiger partial charge in [-0.3, -0.25) is 8.37 Å². The van der Waals surface area contributed by atoms with E-state index in [9.17, 15) is 4.21 Å². The molecule has 5 heteroatoms. The molecule has 0 saturated carbocycles. The van der Waals surface area contributed by atoms with Crippen molar-refractivity contribution in [2.24, 2.45) is 0 Å². The molecule has 1 aromatic rings. The van der Waals surface area contributed by atoms with Crippen LogP contribution in [-0.2, 0) is 26.1 Å². The van der Waals surface area contributed by atoms with Crippen molar-refractivity contribution in [3.8, 4) is 5.75 Å². The van der Waals surface area contributed by atoms with Gasteiger partial charge in [0.25, 0.3) is 0 Å². The van der Waals surface area contributed by atoms with Crippen LogP contribution in [0.4, 0.5) is 0 Å². The predicted molar refractivity (Wildman–Crippen MR) is 64.8 cm³/mol. The van der Waals surface area contributed by atoms with Crippen molar-refractivity contribution >= 4 is 11.4 Å². The maximum Gasteiger partial charge on any atom is 0.305 e. The molecule has 0 amide bonds. The largest absolute Gasteiger partial charge is 0.490 e. The van der Waals surface area contributed by atoms with Gasteiger partial charge in [-0.25, -0.2) is 0 Å². The monoisotopic (exact) mass is 254 g/mol. The second-order valence-corrected chi connectivity index (χ2v) is 4.45. The molecule has 2 atom stereocenters. The molecule has 0 aromatic heterocycles. The normalized spacial score (nSPS) is 23.5. The highest BCUT2D eigenvalue weighted by molar-refractivity contribution is 7.75. The van der Waals surface area contributed by atoms with Crippen LogP contribution in [-0.4, -0.2) is 23.5 Å². The zero-order chi connectivity index (χ0) is 12.1. The predicted octanol–water partition coefficient (Wildman–Crippen LogP) is 1.79. The van der Waals surface area contributed by atoms with E-state index in [2.05, 4.69) is 6.58 Å². The van der Waals surface area contributed by atoms with Gasteiger partial charge < -0.3 is 4.74 Å². The first kappa shape index (κ1) is 12.3. The average Bonchev–Trinajstić information content (AvgIpc) is 2.74. The van der Waals surface area contributed by atoms with Gasteiger partial charge in [-0.15, -0.1) is 6.58 Å². The van der Waals surface area contributed by atoms with E-state index in [4.69, 9.17) is 13.1 Å². The van der Waals surface area contributed by atoms with E-state index < -0.39 is 11.4 Å². The second-order valence-electron chi connectivity index (χ2n) is 3.62. The molecule has 2 rings (SSSR count). The zero-order valence-electron chi connectivity index (χ0n) is 9.33. The van der Waals surface area contributed by atoms with Gasteiger partial charge >= 0.3 is 11.4 Å². The quantitative estimate of drug-likeness (QED) is 0.751. The molecule has 92 valence electrons. The first-order chi connectivity index (χ1) is 8.29. The van der Waals surface area contributed by atoms with Crippen molar-refractivity contribution in [2.45, 2.75) is 12.5 Å². The lowest BCUT2D eigenvalue weighted by Gasteiger charge is -2.12. The SMILES string of the molecule is C=CCc1ccccc1OC[C@@H]1COS(=O)O1. The summed E-state index contributed by atoms with van der Waals surface area (Å²) >= 11 is -1.62. The smallest absolute Gasteiger partial charge is 0.305 e. The van der Waals surface area contributed by atoms with Crippen molar-refractivity contribution in [2.75, 3.05) is 13.2 Å². The first-order valence-electron chi connectivity index (χ1n) is 5.33. The lowest BCUT2D eigenvalue weighted by molar-refractivity contribution is 0.151. The number of ether oxygens (including phenoxy) is 1. The Morgan fingerprint density at radius 2 is 2.35 bits per heavy atom. The second kappa shape index (κ2) is 5.95. The summed E-state index contributed by atoms with van der Waals surface area (Å²) in [6, 6.07) is 7.74. The summed E-state index contributed by atoms with van der Waals surface area (Å²) in [5.74, 6) is 0.800. The van der Waals surface area contributed by atoms with E-state index in [1.165, 1.54) is 0 Å². The lowest BCUT2D eigenvalue weighted by Crippen LogP contribution is -2.20. The van der Waals surface area contributed by atoms with Gasteiger partial charge in [0, 0.05) is 0 Å². The summed E-state index contributed by atoms with van der Waals surface area (Å²) in [5, 5.41) is 0. The molecule has 1 aliphatic rings. The van der Waals surface area contributed by atoms with Crippen molar-refractivity contribution in [3.05, 3.63) is 42.5 Å². The summed E-state index contributed by atoms with van der Waals surface area (Å²) < 4.78 is 26.2. The summed E-state index contributed by atoms with van der Waals surface area (Å²) in [7, 11) is 0. The fourth-order valence-corrected chi connectivity index (χ4v) is 2.18. The third-order valence-corrected chi connectivity index (χ3v) is 3.08. The Kier molecular flexibility index (Phi) is 4.30. The van der Waals surface area contributed by atoms with Gasteiger partial charge in [-0.2, -0.15) is 4.21 Å². The van der Waals surface area contributed by atoms with E-state index in [0.717, 1.165) is 17.7 Å². The van der Waals surface area contributed by atoms with Crippen LogP contribution in [0.25, 0.3) is 0 Å². The molecule has 1 heterocycles. The Morgan fingerprint density at radius 1 is 1.53 bits per heavy atom. The third-order valence-electron chi connectivity index (χ3n) is 2.33. The minimum Gasteiger partial charge on any atom is -0.490 e. The Morgan fingerprint density at radius 3 is 3.06 bits per heavy atom. The van der Waals surface area contributed by atoms with Gasteiger partial charge in [-0.1, -0.05) is 24.3 Å². The molecule has 0 bridgehead atoms. The van der Waals surface area contributed by atoms with Gasteiger partial charge in [0.15, 0.2) is 0 Å². The highest BCUT2D eigenvalue weighted by Crippen LogP contribution is 2.20. The van der Waals surface area contributed by atoms with E-state index >= 15 is 0 Å². The Hall–Kier alpha value is -1.17. The molecule has 1 unspecified atom stereocenters. The summed E-state index contributed by atoms with van der Waals surface area (Å²) in [6.07, 6.45) is 2.31. The van der Waals surface area contributed by atoms with Crippen molar-refractivity contribution in [3.63, 3.8) is 0 Å². The van der Waals surface area contributed by atoms with Crippen molar-refractivity contribution in [1.29, 1.82) is 0 Å². The van der Waals surface area contributed by atoms with Crippen LogP contribution in [0.1, 0.15) is 5.56 Å². The lowest BCUT2D eigenvalue weighted by atomic mass is 10.1. The fraction of sp³-hybridized carbons (Fsp3) is 0.333. The number of para-hydroxylation sites is 1. The first-order valence-corrected chi connectivity index (χ1v) is 6.33. The van der Waals surface area contributed by atoms with Gasteiger partial charge in [-0.05, 0) is 18.1 Å². The molecule has 1 aliphatic heterocycles. The molecule has 0 aliphatic carbocycles. The summed E-state index contributed by atoms with van der Waals surface area (Å²) in [4.78, 5) is 0. The number of benzene rings is 1. The number of rotatable bonds is 5. The number of allylic oxidation sites excluding steroid dienone is 1. The average molecular weight is 254 g/mol. The minimum absolute atomic E-state index is 0.271. The number of hydrogen-bond acceptors (Lipinski definition) is 4. The molecule has 0 radical (unpaired) electrons. The molecular formula is C12H14O4S. The molecule has 0 spiro atoms. The third kappa shape index (κ3) is 3.39. The maximum atomic E-state index is 10.8. The van der Waals surface area contributed by atoms with Crippen molar-refractivity contribution in [1.82, 2.24) is 0 Å². The van der Waals surface area contributed by atoms with Gasteiger partial charge in [0.05, 0.1) is 6.61 Å². The van der Waals surface area contributed by atoms with Crippen LogP contribution in [0.2, 0.25) is 0 Å². The standard InChI is InChI=1S/C12H14O4S/c1-2-5-10-6-3-4-7-12(10)14-8-11-9-15-17(13)16-11/h2-4,6-7,11H,1,5,8-9H2/t11-,17?/m1/s1. The molecule has 17 heavy (non-hydrogen) atoms. The van der Waals surface area contributed by atoms with E-state index in [-0.39, 0.29) is 6.10 Å². The zero-order valence-corrected chi connectivity index (χ0v) is 10.2. The highest BCUT2D eigenvalue weighted by Gasteiger charge is 2.24. The van der Waals surface area contributed by atoms with Crippen LogP contribution in [0.5, 0.6) is 5.75 Å². The van der Waals surface area contributed by atoms with Gasteiger partial charge in [0.2, 0.25) is 0 Å². The van der Waals surface area contributed by atoms with Crippen LogP contribution in [0.3, 0.4) is 0 Å². The molecule has 1 saturated heterocycles. The van der Waals surface area contributed by atoms with Crippen LogP contribution in [0.15, 0.2) is 36.9 Å². The highest BCUT2D eigenvalue weighted by atomic mass is 32.2. The molecule has 1 aromatic carbocycles. The van der Waals surface area contributed by atoms with E-state index in [1.54, 1.807) is 0 Å². The van der Waals surface area contributed by atoms with E-state index in [1.807, 2.05) is 30.3 Å². The minimum atomic E-state index is -1.62. The Balaban J connectivity index is 1.94. The van der Waals surface area contributed by atoms with E-state index in [0.29, 0.717) is 13.2 Å². The molecular weight excluding hydrogens is 240 g/mol. The van der Waals surface area contributed by atoms with Crippen LogP contribution in [0, 0.1) is 0 Å². The molecule has 0 N–H and O–H groups in total. The molecule has 4 nitrogen and oxygen atoms in total. The van der Waals surface area contributed by atoms with Crippen molar-refractivity contribution < 1.29 is 17.3 Å². The molecule has 1 fully saturated rings. The van der Waals surface area contributed by atoms with Gasteiger partial charge in [0.1, 0.15) is 18.5 Å². The van der Waals surface area contributed by atoms with Crippen LogP contribution >= 0.6 is 0 Å². The number of hydrogen-bond donors (Lipinski definition) is 0. The Bertz CT molecular complexity index is 419. The maximum absolute atomic E-state index is 10.8. The summed E-state index contributed by atoms with van der Waals surface area (Å²) in [6.45, 7) is 4.34. The van der Waals surface area contributed by atoms with Crippen LogP contribution < -0.4 is 4.74 Å².